The van der Waals surface area contributed by atoms with Gasteiger partial charge in [0.1, 0.15) is 18.2 Å². The Balaban J connectivity index is 2.87. The highest BCUT2D eigenvalue weighted by Crippen LogP contribution is 2.26. The van der Waals surface area contributed by atoms with Crippen molar-refractivity contribution in [1.29, 1.82) is 0 Å². The van der Waals surface area contributed by atoms with Crippen LogP contribution in [0.25, 0.3) is 0 Å². The molecule has 0 saturated heterocycles. The first-order chi connectivity index (χ1) is 7.29. The van der Waals surface area contributed by atoms with E-state index in [1.165, 1.54) is 25.1 Å². The molecule has 0 aromatic heterocycles. The van der Waals surface area contributed by atoms with Gasteiger partial charge in [-0.2, -0.15) is 0 Å². The Kier molecular flexibility index (Phi) is 3.88. The molecule has 0 fully saturated rings. The molecule has 0 unspecified atom stereocenters. The number of benzene rings is 1. The predicted molar refractivity (Wildman–Crippen MR) is 58.8 cm³/mol. The van der Waals surface area contributed by atoms with Crippen molar-refractivity contribution < 1.29 is 19.3 Å². The number of hydrogen-bond acceptors (Lipinski definition) is 3. The third-order valence-corrected chi connectivity index (χ3v) is 2.00. The van der Waals surface area contributed by atoms with Gasteiger partial charge in [-0.25, -0.2) is 4.39 Å². The van der Waals surface area contributed by atoms with Gasteiger partial charge in [0.15, 0.2) is 0 Å². The Morgan fingerprint density at radius 1 is 1.44 bits per heavy atom. The summed E-state index contributed by atoms with van der Waals surface area (Å²) in [6.45, 7) is 4.83. The van der Waals surface area contributed by atoms with Crippen LogP contribution in [-0.2, 0) is 0 Å². The van der Waals surface area contributed by atoms with E-state index in [1.807, 2.05) is 0 Å². The second kappa shape index (κ2) is 4.80. The van der Waals surface area contributed by atoms with Crippen LogP contribution in [0.1, 0.15) is 32.4 Å². The molecule has 1 rings (SSSR count). The Morgan fingerprint density at radius 3 is 2.56 bits per heavy atom. The molecule has 0 aliphatic rings. The van der Waals surface area contributed by atoms with Crippen LogP contribution in [0, 0.1) is 5.82 Å². The second-order valence-corrected chi connectivity index (χ2v) is 4.46. The summed E-state index contributed by atoms with van der Waals surface area (Å²) in [6, 6.07) is 3.93. The van der Waals surface area contributed by atoms with E-state index in [0.29, 0.717) is 11.3 Å². The van der Waals surface area contributed by atoms with E-state index in [-0.39, 0.29) is 6.61 Å². The zero-order valence-corrected chi connectivity index (χ0v) is 9.70. The van der Waals surface area contributed by atoms with Crippen LogP contribution >= 0.6 is 0 Å². The normalized spacial score (nSPS) is 13.6. The van der Waals surface area contributed by atoms with Gasteiger partial charge in [0, 0.05) is 5.56 Å². The van der Waals surface area contributed by atoms with Gasteiger partial charge in [0.2, 0.25) is 0 Å². The minimum Gasteiger partial charge on any atom is -0.490 e. The molecule has 0 amide bonds. The second-order valence-electron chi connectivity index (χ2n) is 4.46. The Hall–Kier alpha value is -1.13. The number of halogens is 1. The molecule has 2 N–H and O–H groups in total. The van der Waals surface area contributed by atoms with E-state index in [0.717, 1.165) is 0 Å². The van der Waals surface area contributed by atoms with Crippen LogP contribution < -0.4 is 4.74 Å². The summed E-state index contributed by atoms with van der Waals surface area (Å²) < 4.78 is 18.3. The number of hydrogen-bond donors (Lipinski definition) is 2. The highest BCUT2D eigenvalue weighted by atomic mass is 19.1. The van der Waals surface area contributed by atoms with Crippen molar-refractivity contribution in [3.05, 3.63) is 29.6 Å². The molecule has 1 aromatic rings. The van der Waals surface area contributed by atoms with E-state index in [4.69, 9.17) is 4.74 Å². The number of rotatable bonds is 4. The lowest BCUT2D eigenvalue weighted by molar-refractivity contribution is 0.0272. The van der Waals surface area contributed by atoms with Gasteiger partial charge in [-0.05, 0) is 39.0 Å². The van der Waals surface area contributed by atoms with Crippen LogP contribution in [0.2, 0.25) is 0 Å². The van der Waals surface area contributed by atoms with Crippen molar-refractivity contribution in [2.45, 2.75) is 32.5 Å². The Morgan fingerprint density at radius 2 is 2.06 bits per heavy atom. The van der Waals surface area contributed by atoms with Crippen molar-refractivity contribution in [2.75, 3.05) is 6.61 Å². The summed E-state index contributed by atoms with van der Waals surface area (Å²) in [6.07, 6.45) is -0.812. The summed E-state index contributed by atoms with van der Waals surface area (Å²) in [5, 5.41) is 19.0. The quantitative estimate of drug-likeness (QED) is 0.829. The van der Waals surface area contributed by atoms with E-state index in [1.54, 1.807) is 13.8 Å². The SMILES string of the molecule is C[C@@H](O)c1cc(F)ccc1OCC(C)(C)O. The molecule has 90 valence electrons. The van der Waals surface area contributed by atoms with Crippen molar-refractivity contribution in [2.24, 2.45) is 0 Å². The fourth-order valence-electron chi connectivity index (χ4n) is 1.23. The molecule has 4 heteroatoms. The first kappa shape index (κ1) is 12.9. The van der Waals surface area contributed by atoms with Crippen LogP contribution in [-0.4, -0.2) is 22.4 Å². The van der Waals surface area contributed by atoms with Crippen LogP contribution in [0.15, 0.2) is 18.2 Å². The lowest BCUT2D eigenvalue weighted by atomic mass is 10.1. The molecule has 16 heavy (non-hydrogen) atoms. The van der Waals surface area contributed by atoms with Gasteiger partial charge in [-0.1, -0.05) is 0 Å². The maximum Gasteiger partial charge on any atom is 0.125 e. The molecule has 0 aliphatic carbocycles. The molecule has 0 saturated carbocycles. The number of ether oxygens (including phenoxy) is 1. The zero-order chi connectivity index (χ0) is 12.3. The van der Waals surface area contributed by atoms with Crippen molar-refractivity contribution in [1.82, 2.24) is 0 Å². The maximum absolute atomic E-state index is 13.0. The highest BCUT2D eigenvalue weighted by molar-refractivity contribution is 5.35. The lowest BCUT2D eigenvalue weighted by Gasteiger charge is -2.20. The standard InChI is InChI=1S/C12H17FO3/c1-8(14)10-6-9(13)4-5-11(10)16-7-12(2,3)15/h4-6,8,14-15H,7H2,1-3H3/t8-/m1/s1. The topological polar surface area (TPSA) is 49.7 Å². The van der Waals surface area contributed by atoms with Gasteiger partial charge < -0.3 is 14.9 Å². The predicted octanol–water partition coefficient (Wildman–Crippen LogP) is 2.03. The monoisotopic (exact) mass is 228 g/mol. The first-order valence-electron chi connectivity index (χ1n) is 5.12. The highest BCUT2D eigenvalue weighted by Gasteiger charge is 2.16. The van der Waals surface area contributed by atoms with Gasteiger partial charge in [0.05, 0.1) is 11.7 Å². The molecule has 0 heterocycles. The van der Waals surface area contributed by atoms with Gasteiger partial charge in [-0.15, -0.1) is 0 Å². The molecule has 0 spiro atoms. The zero-order valence-electron chi connectivity index (χ0n) is 9.70. The first-order valence-corrected chi connectivity index (χ1v) is 5.12. The molecular formula is C12H17FO3. The molecule has 0 radical (unpaired) electrons. The number of aliphatic hydroxyl groups is 2. The van der Waals surface area contributed by atoms with Crippen molar-refractivity contribution in [3.63, 3.8) is 0 Å². The Bertz CT molecular complexity index is 356. The molecule has 3 nitrogen and oxygen atoms in total. The third kappa shape index (κ3) is 3.79. The van der Waals surface area contributed by atoms with Gasteiger partial charge in [-0.3, -0.25) is 0 Å². The summed E-state index contributed by atoms with van der Waals surface area (Å²) in [5.74, 6) is -0.0370. The molecule has 1 aromatic carbocycles. The number of aliphatic hydroxyl groups excluding tert-OH is 1. The summed E-state index contributed by atoms with van der Waals surface area (Å²) in [7, 11) is 0. The maximum atomic E-state index is 13.0. The molecule has 0 bridgehead atoms. The molecular weight excluding hydrogens is 211 g/mol. The third-order valence-electron chi connectivity index (χ3n) is 2.00. The van der Waals surface area contributed by atoms with Gasteiger partial charge in [0.25, 0.3) is 0 Å². The average Bonchev–Trinajstić information content (AvgIpc) is 2.14. The average molecular weight is 228 g/mol. The van der Waals surface area contributed by atoms with E-state index in [9.17, 15) is 14.6 Å². The fourth-order valence-corrected chi connectivity index (χ4v) is 1.23. The van der Waals surface area contributed by atoms with Crippen LogP contribution in [0.5, 0.6) is 5.75 Å². The minimum atomic E-state index is -0.968. The Labute approximate surface area is 94.5 Å². The van der Waals surface area contributed by atoms with E-state index < -0.39 is 17.5 Å². The van der Waals surface area contributed by atoms with Crippen LogP contribution in [0.3, 0.4) is 0 Å². The summed E-state index contributed by atoms with van der Waals surface area (Å²) in [5.41, 5.74) is -0.589. The van der Waals surface area contributed by atoms with Gasteiger partial charge >= 0.3 is 0 Å². The fraction of sp³-hybridized carbons (Fsp3) is 0.500. The van der Waals surface area contributed by atoms with E-state index >= 15 is 0 Å². The largest absolute Gasteiger partial charge is 0.490 e. The smallest absolute Gasteiger partial charge is 0.125 e. The molecule has 1 atom stereocenters. The minimum absolute atomic E-state index is 0.0817. The van der Waals surface area contributed by atoms with Crippen molar-refractivity contribution in [3.8, 4) is 5.75 Å². The van der Waals surface area contributed by atoms with E-state index in [2.05, 4.69) is 0 Å². The summed E-state index contributed by atoms with van der Waals surface area (Å²) in [4.78, 5) is 0. The summed E-state index contributed by atoms with van der Waals surface area (Å²) >= 11 is 0. The van der Waals surface area contributed by atoms with Crippen molar-refractivity contribution >= 4 is 0 Å². The van der Waals surface area contributed by atoms with Crippen LogP contribution in [0.4, 0.5) is 4.39 Å². The lowest BCUT2D eigenvalue weighted by Crippen LogP contribution is -2.28. The molecule has 0 aliphatic heterocycles.